The fourth-order valence-corrected chi connectivity index (χ4v) is 2.87. The largest absolute Gasteiger partial charge is 0.484 e. The molecule has 0 aliphatic heterocycles. The Kier molecular flexibility index (Phi) is 7.58. The lowest BCUT2D eigenvalue weighted by Gasteiger charge is -2.12. The quantitative estimate of drug-likeness (QED) is 0.365. The van der Waals surface area contributed by atoms with Gasteiger partial charge in [0.05, 0.1) is 0 Å². The van der Waals surface area contributed by atoms with Gasteiger partial charge in [-0.05, 0) is 59.4 Å². The Hall–Kier alpha value is -3.17. The van der Waals surface area contributed by atoms with Crippen molar-refractivity contribution in [2.24, 2.45) is 0 Å². The van der Waals surface area contributed by atoms with E-state index in [0.29, 0.717) is 11.5 Å². The van der Waals surface area contributed by atoms with Crippen LogP contribution in [0.4, 0.5) is 0 Å². The molecule has 0 aliphatic carbocycles. The standard InChI is InChI=1S/C21H18BrN3O4S/c22-16-6-9-17(10-7-16)28-12-19(26)23-21(30)25-24-20(27)13-29-18-8-5-14-3-1-2-4-15(14)11-18/h1-11H,12-13H2,(H,24,27)(H2,23,25,26,30). The minimum Gasteiger partial charge on any atom is -0.484 e. The van der Waals surface area contributed by atoms with Crippen LogP contribution in [-0.2, 0) is 9.59 Å². The number of hydrogen-bond acceptors (Lipinski definition) is 5. The van der Waals surface area contributed by atoms with Crippen LogP contribution in [0.15, 0.2) is 71.2 Å². The molecule has 0 aromatic heterocycles. The maximum absolute atomic E-state index is 11.9. The van der Waals surface area contributed by atoms with Crippen LogP contribution < -0.4 is 25.6 Å². The molecular formula is C21H18BrN3O4S. The first-order chi connectivity index (χ1) is 14.5. The first-order valence-electron chi connectivity index (χ1n) is 8.88. The van der Waals surface area contributed by atoms with E-state index in [4.69, 9.17) is 21.7 Å². The molecule has 3 aromatic carbocycles. The second kappa shape index (κ2) is 10.6. The lowest BCUT2D eigenvalue weighted by molar-refractivity contribution is -0.124. The zero-order valence-corrected chi connectivity index (χ0v) is 18.1. The molecule has 0 radical (unpaired) electrons. The summed E-state index contributed by atoms with van der Waals surface area (Å²) in [5.74, 6) is 0.208. The van der Waals surface area contributed by atoms with E-state index in [9.17, 15) is 9.59 Å². The molecule has 0 unspecified atom stereocenters. The number of hydrazine groups is 1. The van der Waals surface area contributed by atoms with Crippen LogP contribution in [0.25, 0.3) is 10.8 Å². The zero-order chi connectivity index (χ0) is 21.3. The van der Waals surface area contributed by atoms with Crippen molar-refractivity contribution in [2.75, 3.05) is 13.2 Å². The molecule has 2 amide bonds. The van der Waals surface area contributed by atoms with E-state index in [-0.39, 0.29) is 18.3 Å². The molecule has 0 spiro atoms. The van der Waals surface area contributed by atoms with Crippen LogP contribution in [0.1, 0.15) is 0 Å². The fourth-order valence-electron chi connectivity index (χ4n) is 2.44. The van der Waals surface area contributed by atoms with Gasteiger partial charge in [0.15, 0.2) is 18.3 Å². The minimum atomic E-state index is -0.461. The third kappa shape index (κ3) is 6.71. The molecule has 30 heavy (non-hydrogen) atoms. The highest BCUT2D eigenvalue weighted by Crippen LogP contribution is 2.20. The van der Waals surface area contributed by atoms with E-state index in [2.05, 4.69) is 32.1 Å². The van der Waals surface area contributed by atoms with E-state index < -0.39 is 11.8 Å². The van der Waals surface area contributed by atoms with Gasteiger partial charge in [-0.2, -0.15) is 0 Å². The third-order valence-electron chi connectivity index (χ3n) is 3.84. The summed E-state index contributed by atoms with van der Waals surface area (Å²) in [5.41, 5.74) is 4.80. The topological polar surface area (TPSA) is 88.7 Å². The van der Waals surface area contributed by atoms with Crippen LogP contribution in [-0.4, -0.2) is 30.1 Å². The van der Waals surface area contributed by atoms with Gasteiger partial charge in [-0.3, -0.25) is 25.8 Å². The van der Waals surface area contributed by atoms with Gasteiger partial charge >= 0.3 is 0 Å². The highest BCUT2D eigenvalue weighted by Gasteiger charge is 2.08. The lowest BCUT2D eigenvalue weighted by Crippen LogP contribution is -2.50. The molecule has 3 rings (SSSR count). The highest BCUT2D eigenvalue weighted by molar-refractivity contribution is 9.10. The third-order valence-corrected chi connectivity index (χ3v) is 4.58. The number of nitrogens with one attached hydrogen (secondary N) is 3. The second-order valence-corrected chi connectivity index (χ2v) is 7.41. The van der Waals surface area contributed by atoms with Crippen LogP contribution in [0.3, 0.4) is 0 Å². The van der Waals surface area contributed by atoms with E-state index in [1.807, 2.05) is 36.4 Å². The van der Waals surface area contributed by atoms with Crippen LogP contribution in [0.2, 0.25) is 0 Å². The first-order valence-corrected chi connectivity index (χ1v) is 10.1. The Balaban J connectivity index is 1.35. The first kappa shape index (κ1) is 21.5. The predicted molar refractivity (Wildman–Crippen MR) is 121 cm³/mol. The Labute approximate surface area is 186 Å². The van der Waals surface area contributed by atoms with Crippen molar-refractivity contribution < 1.29 is 19.1 Å². The van der Waals surface area contributed by atoms with Crippen molar-refractivity contribution in [2.45, 2.75) is 0 Å². The van der Waals surface area contributed by atoms with Crippen LogP contribution >= 0.6 is 28.1 Å². The Morgan fingerprint density at radius 1 is 0.800 bits per heavy atom. The minimum absolute atomic E-state index is 0.0570. The Morgan fingerprint density at radius 3 is 2.20 bits per heavy atom. The summed E-state index contributed by atoms with van der Waals surface area (Å²) in [5, 5.41) is 4.45. The molecule has 0 saturated carbocycles. The second-order valence-electron chi connectivity index (χ2n) is 6.09. The summed E-state index contributed by atoms with van der Waals surface area (Å²) >= 11 is 8.28. The van der Waals surface area contributed by atoms with Gasteiger partial charge in [0.2, 0.25) is 0 Å². The van der Waals surface area contributed by atoms with E-state index >= 15 is 0 Å². The van der Waals surface area contributed by atoms with Gasteiger partial charge in [-0.1, -0.05) is 46.3 Å². The smallest absolute Gasteiger partial charge is 0.276 e. The molecular weight excluding hydrogens is 470 g/mol. The number of halogens is 1. The highest BCUT2D eigenvalue weighted by atomic mass is 79.9. The summed E-state index contributed by atoms with van der Waals surface area (Å²) in [7, 11) is 0. The summed E-state index contributed by atoms with van der Waals surface area (Å²) in [4.78, 5) is 23.8. The Morgan fingerprint density at radius 2 is 1.43 bits per heavy atom. The molecule has 154 valence electrons. The number of hydrogen-bond donors (Lipinski definition) is 3. The normalized spacial score (nSPS) is 10.2. The SMILES string of the molecule is O=C(COc1ccc2ccccc2c1)NNC(=S)NC(=O)COc1ccc(Br)cc1. The van der Waals surface area contributed by atoms with Crippen molar-refractivity contribution in [1.82, 2.24) is 16.2 Å². The molecule has 0 bridgehead atoms. The number of amides is 2. The molecule has 0 saturated heterocycles. The number of rotatable bonds is 6. The van der Waals surface area contributed by atoms with Gasteiger partial charge in [-0.15, -0.1) is 0 Å². The van der Waals surface area contributed by atoms with Crippen molar-refractivity contribution in [1.29, 1.82) is 0 Å². The molecule has 0 atom stereocenters. The number of thiocarbonyl (C=S) groups is 1. The zero-order valence-electron chi connectivity index (χ0n) is 15.7. The van der Waals surface area contributed by atoms with E-state index in [1.165, 1.54) is 0 Å². The summed E-state index contributed by atoms with van der Waals surface area (Å²) in [6.07, 6.45) is 0. The number of carbonyl (C=O) groups excluding carboxylic acids is 2. The molecule has 3 aromatic rings. The van der Waals surface area contributed by atoms with E-state index in [0.717, 1.165) is 15.2 Å². The van der Waals surface area contributed by atoms with Crippen LogP contribution in [0.5, 0.6) is 11.5 Å². The number of fused-ring (bicyclic) bond motifs is 1. The van der Waals surface area contributed by atoms with Crippen molar-refractivity contribution in [3.8, 4) is 11.5 Å². The van der Waals surface area contributed by atoms with Gasteiger partial charge in [-0.25, -0.2) is 0 Å². The molecule has 3 N–H and O–H groups in total. The Bertz CT molecular complexity index is 1060. The number of benzene rings is 3. The van der Waals surface area contributed by atoms with Gasteiger partial charge in [0.1, 0.15) is 11.5 Å². The monoisotopic (exact) mass is 487 g/mol. The van der Waals surface area contributed by atoms with Gasteiger partial charge in [0.25, 0.3) is 11.8 Å². The van der Waals surface area contributed by atoms with Crippen molar-refractivity contribution >= 4 is 55.8 Å². The average molecular weight is 488 g/mol. The molecule has 0 heterocycles. The van der Waals surface area contributed by atoms with Gasteiger partial charge in [0, 0.05) is 4.47 Å². The van der Waals surface area contributed by atoms with Gasteiger partial charge < -0.3 is 9.47 Å². The maximum atomic E-state index is 11.9. The fraction of sp³-hybridized carbons (Fsp3) is 0.0952. The maximum Gasteiger partial charge on any atom is 0.276 e. The number of carbonyl (C=O) groups is 2. The predicted octanol–water partition coefficient (Wildman–Crippen LogP) is 3.08. The van der Waals surface area contributed by atoms with E-state index in [1.54, 1.807) is 30.3 Å². The molecule has 0 aliphatic rings. The average Bonchev–Trinajstić information content (AvgIpc) is 2.75. The molecule has 7 nitrogen and oxygen atoms in total. The summed E-state index contributed by atoms with van der Waals surface area (Å²) in [6.45, 7) is -0.433. The summed E-state index contributed by atoms with van der Waals surface area (Å²) < 4.78 is 11.7. The number of ether oxygens (including phenoxy) is 2. The van der Waals surface area contributed by atoms with Crippen molar-refractivity contribution in [3.05, 3.63) is 71.2 Å². The van der Waals surface area contributed by atoms with Crippen molar-refractivity contribution in [3.63, 3.8) is 0 Å². The molecule has 0 fully saturated rings. The molecule has 9 heteroatoms. The van der Waals surface area contributed by atoms with Crippen LogP contribution in [0, 0.1) is 0 Å². The summed E-state index contributed by atoms with van der Waals surface area (Å²) in [6, 6.07) is 20.5. The lowest BCUT2D eigenvalue weighted by atomic mass is 10.1.